The summed E-state index contributed by atoms with van der Waals surface area (Å²) in [7, 11) is 0. The van der Waals surface area contributed by atoms with Gasteiger partial charge in [0.05, 0.1) is 18.4 Å². The number of amides is 2. The molecule has 0 saturated carbocycles. The Bertz CT molecular complexity index is 844. The van der Waals surface area contributed by atoms with Gasteiger partial charge in [0, 0.05) is 30.1 Å². The van der Waals surface area contributed by atoms with E-state index in [4.69, 9.17) is 0 Å². The van der Waals surface area contributed by atoms with E-state index in [1.165, 1.54) is 11.3 Å². The van der Waals surface area contributed by atoms with Crippen molar-refractivity contribution in [2.24, 2.45) is 0 Å². The third-order valence-corrected chi connectivity index (χ3v) is 4.44. The third kappa shape index (κ3) is 5.29. The molecule has 0 unspecified atom stereocenters. The van der Waals surface area contributed by atoms with Crippen molar-refractivity contribution < 1.29 is 9.59 Å². The number of thiophene rings is 1. The highest BCUT2D eigenvalue weighted by Gasteiger charge is 2.07. The second-order valence-electron chi connectivity index (χ2n) is 5.83. The molecule has 2 N–H and O–H groups in total. The van der Waals surface area contributed by atoms with Gasteiger partial charge in [-0.3, -0.25) is 14.3 Å². The molecule has 0 aliphatic heterocycles. The first-order chi connectivity index (χ1) is 12.7. The standard InChI is InChI=1S/C19H20N4O2S/c24-18(7-4-9-20-19(25)16-8-10-26-14-16)22-17-11-21-23(13-17)12-15-5-2-1-3-6-15/h1-3,5-6,8,10-11,13-14H,4,7,9,12H2,(H,20,25)(H,22,24). The summed E-state index contributed by atoms with van der Waals surface area (Å²) < 4.78 is 1.78. The van der Waals surface area contributed by atoms with Crippen LogP contribution in [0.15, 0.2) is 59.6 Å². The summed E-state index contributed by atoms with van der Waals surface area (Å²) >= 11 is 1.48. The lowest BCUT2D eigenvalue weighted by molar-refractivity contribution is -0.116. The van der Waals surface area contributed by atoms with E-state index >= 15 is 0 Å². The number of rotatable bonds is 8. The van der Waals surface area contributed by atoms with Crippen molar-refractivity contribution >= 4 is 28.8 Å². The molecule has 0 aliphatic rings. The Kier molecular flexibility index (Phi) is 6.16. The first kappa shape index (κ1) is 17.9. The van der Waals surface area contributed by atoms with Crippen LogP contribution in [0.2, 0.25) is 0 Å². The highest BCUT2D eigenvalue weighted by Crippen LogP contribution is 2.09. The summed E-state index contributed by atoms with van der Waals surface area (Å²) in [5.74, 6) is -0.192. The van der Waals surface area contributed by atoms with E-state index in [1.54, 1.807) is 22.3 Å². The van der Waals surface area contributed by atoms with Crippen LogP contribution in [-0.4, -0.2) is 28.1 Å². The minimum atomic E-state index is -0.103. The highest BCUT2D eigenvalue weighted by atomic mass is 32.1. The van der Waals surface area contributed by atoms with Crippen LogP contribution >= 0.6 is 11.3 Å². The number of hydrogen-bond donors (Lipinski definition) is 2. The molecular weight excluding hydrogens is 348 g/mol. The molecule has 26 heavy (non-hydrogen) atoms. The van der Waals surface area contributed by atoms with Crippen molar-refractivity contribution in [3.8, 4) is 0 Å². The molecule has 0 bridgehead atoms. The second kappa shape index (κ2) is 8.96. The molecule has 0 saturated heterocycles. The van der Waals surface area contributed by atoms with E-state index in [-0.39, 0.29) is 11.8 Å². The number of hydrogen-bond acceptors (Lipinski definition) is 4. The minimum absolute atomic E-state index is 0.0888. The van der Waals surface area contributed by atoms with E-state index in [0.717, 1.165) is 5.56 Å². The molecule has 7 heteroatoms. The fourth-order valence-corrected chi connectivity index (χ4v) is 3.09. The third-order valence-electron chi connectivity index (χ3n) is 3.75. The molecule has 3 aromatic rings. The van der Waals surface area contributed by atoms with Crippen LogP contribution in [0, 0.1) is 0 Å². The fourth-order valence-electron chi connectivity index (χ4n) is 2.46. The Labute approximate surface area is 155 Å². The number of anilines is 1. The van der Waals surface area contributed by atoms with Crippen LogP contribution in [0.5, 0.6) is 0 Å². The number of aromatic nitrogens is 2. The van der Waals surface area contributed by atoms with Crippen molar-refractivity contribution in [1.82, 2.24) is 15.1 Å². The second-order valence-corrected chi connectivity index (χ2v) is 6.61. The summed E-state index contributed by atoms with van der Waals surface area (Å²) in [6.45, 7) is 1.13. The molecule has 0 fully saturated rings. The van der Waals surface area contributed by atoms with Gasteiger partial charge in [-0.05, 0) is 23.4 Å². The predicted octanol–water partition coefficient (Wildman–Crippen LogP) is 3.14. The van der Waals surface area contributed by atoms with E-state index in [2.05, 4.69) is 15.7 Å². The SMILES string of the molecule is O=C(CCCNC(=O)c1ccsc1)Nc1cnn(Cc2ccccc2)c1. The molecule has 0 spiro atoms. The van der Waals surface area contributed by atoms with Gasteiger partial charge in [-0.15, -0.1) is 0 Å². The summed E-state index contributed by atoms with van der Waals surface area (Å²) in [6, 6.07) is 11.8. The first-order valence-electron chi connectivity index (χ1n) is 8.37. The number of carbonyl (C=O) groups excluding carboxylic acids is 2. The van der Waals surface area contributed by atoms with Gasteiger partial charge in [0.1, 0.15) is 0 Å². The molecule has 2 amide bonds. The van der Waals surface area contributed by atoms with Crippen molar-refractivity contribution in [3.63, 3.8) is 0 Å². The van der Waals surface area contributed by atoms with E-state index in [1.807, 2.05) is 41.9 Å². The molecule has 0 radical (unpaired) electrons. The minimum Gasteiger partial charge on any atom is -0.352 e. The summed E-state index contributed by atoms with van der Waals surface area (Å²) in [6.07, 6.45) is 4.37. The molecule has 2 aromatic heterocycles. The number of nitrogens with zero attached hydrogens (tertiary/aromatic N) is 2. The molecular formula is C19H20N4O2S. The zero-order chi connectivity index (χ0) is 18.2. The van der Waals surface area contributed by atoms with E-state index < -0.39 is 0 Å². The van der Waals surface area contributed by atoms with Gasteiger partial charge in [0.25, 0.3) is 5.91 Å². The highest BCUT2D eigenvalue weighted by molar-refractivity contribution is 7.08. The van der Waals surface area contributed by atoms with Gasteiger partial charge in [0.2, 0.25) is 5.91 Å². The van der Waals surface area contributed by atoms with Gasteiger partial charge in [0.15, 0.2) is 0 Å². The van der Waals surface area contributed by atoms with Crippen LogP contribution in [0.3, 0.4) is 0 Å². The molecule has 3 rings (SSSR count). The van der Waals surface area contributed by atoms with Crippen molar-refractivity contribution in [2.45, 2.75) is 19.4 Å². The number of benzene rings is 1. The Morgan fingerprint density at radius 3 is 2.77 bits per heavy atom. The zero-order valence-corrected chi connectivity index (χ0v) is 15.0. The molecule has 134 valence electrons. The maximum atomic E-state index is 12.0. The lowest BCUT2D eigenvalue weighted by atomic mass is 10.2. The van der Waals surface area contributed by atoms with E-state index in [9.17, 15) is 9.59 Å². The summed E-state index contributed by atoms with van der Waals surface area (Å²) in [5, 5.41) is 13.6. The van der Waals surface area contributed by atoms with Gasteiger partial charge >= 0.3 is 0 Å². The maximum absolute atomic E-state index is 12.0. The van der Waals surface area contributed by atoms with Crippen molar-refractivity contribution in [3.05, 3.63) is 70.7 Å². The Balaban J connectivity index is 1.38. The van der Waals surface area contributed by atoms with Gasteiger partial charge < -0.3 is 10.6 Å². The predicted molar refractivity (Wildman–Crippen MR) is 102 cm³/mol. The lowest BCUT2D eigenvalue weighted by Gasteiger charge is -2.04. The average molecular weight is 368 g/mol. The Morgan fingerprint density at radius 2 is 2.00 bits per heavy atom. The first-order valence-corrected chi connectivity index (χ1v) is 9.31. The summed E-state index contributed by atoms with van der Waals surface area (Å²) in [5.41, 5.74) is 2.48. The van der Waals surface area contributed by atoms with Crippen molar-refractivity contribution in [2.75, 3.05) is 11.9 Å². The molecule has 6 nitrogen and oxygen atoms in total. The smallest absolute Gasteiger partial charge is 0.252 e. The van der Waals surface area contributed by atoms with Crippen LogP contribution < -0.4 is 10.6 Å². The van der Waals surface area contributed by atoms with Crippen LogP contribution in [0.4, 0.5) is 5.69 Å². The Morgan fingerprint density at radius 1 is 1.15 bits per heavy atom. The molecule has 1 aromatic carbocycles. The average Bonchev–Trinajstić information content (AvgIpc) is 3.32. The van der Waals surface area contributed by atoms with Gasteiger partial charge in [-0.1, -0.05) is 30.3 Å². The van der Waals surface area contributed by atoms with Crippen molar-refractivity contribution in [1.29, 1.82) is 0 Å². The van der Waals surface area contributed by atoms with E-state index in [0.29, 0.717) is 37.2 Å². The largest absolute Gasteiger partial charge is 0.352 e. The number of carbonyl (C=O) groups is 2. The van der Waals surface area contributed by atoms with Crippen LogP contribution in [0.1, 0.15) is 28.8 Å². The normalized spacial score (nSPS) is 10.5. The topological polar surface area (TPSA) is 76.0 Å². The molecule has 0 atom stereocenters. The van der Waals surface area contributed by atoms with Gasteiger partial charge in [-0.2, -0.15) is 16.4 Å². The lowest BCUT2D eigenvalue weighted by Crippen LogP contribution is -2.25. The van der Waals surface area contributed by atoms with Crippen LogP contribution in [-0.2, 0) is 11.3 Å². The fraction of sp³-hybridized carbons (Fsp3) is 0.211. The van der Waals surface area contributed by atoms with Gasteiger partial charge in [-0.25, -0.2) is 0 Å². The summed E-state index contributed by atoms with van der Waals surface area (Å²) in [4.78, 5) is 23.8. The molecule has 0 aliphatic carbocycles. The Hall–Kier alpha value is -2.93. The van der Waals surface area contributed by atoms with Crippen LogP contribution in [0.25, 0.3) is 0 Å². The number of nitrogens with one attached hydrogen (secondary N) is 2. The zero-order valence-electron chi connectivity index (χ0n) is 14.2. The molecule has 2 heterocycles. The quantitative estimate of drug-likeness (QED) is 0.600. The monoisotopic (exact) mass is 368 g/mol. The maximum Gasteiger partial charge on any atom is 0.252 e.